The number of aromatic nitrogens is 1. The lowest BCUT2D eigenvalue weighted by Crippen LogP contribution is -2.18. The van der Waals surface area contributed by atoms with Crippen LogP contribution in [0.2, 0.25) is 0 Å². The zero-order valence-electron chi connectivity index (χ0n) is 16.5. The summed E-state index contributed by atoms with van der Waals surface area (Å²) in [7, 11) is -3.60. The van der Waals surface area contributed by atoms with Crippen LogP contribution in [-0.4, -0.2) is 50.6 Å². The average molecular weight is 422 g/mol. The maximum Gasteiger partial charge on any atom is 0.340 e. The number of nitrogens with one attached hydrogen (secondary N) is 2. The van der Waals surface area contributed by atoms with E-state index in [0.717, 1.165) is 6.26 Å². The number of aryl methyl sites for hydroxylation is 1. The minimum absolute atomic E-state index is 0.0303. The van der Waals surface area contributed by atoms with Gasteiger partial charge in [-0.15, -0.1) is 0 Å². The van der Waals surface area contributed by atoms with Crippen molar-refractivity contribution in [2.45, 2.75) is 20.8 Å². The molecule has 1 aromatic heterocycles. The van der Waals surface area contributed by atoms with Gasteiger partial charge in [-0.1, -0.05) is 12.1 Å². The van der Waals surface area contributed by atoms with Crippen molar-refractivity contribution in [2.75, 3.05) is 24.2 Å². The highest BCUT2D eigenvalue weighted by Gasteiger charge is 2.24. The van der Waals surface area contributed by atoms with Gasteiger partial charge in [0.15, 0.2) is 6.61 Å². The largest absolute Gasteiger partial charge is 0.462 e. The van der Waals surface area contributed by atoms with E-state index in [1.807, 2.05) is 0 Å². The van der Waals surface area contributed by atoms with E-state index in [1.54, 1.807) is 26.8 Å². The normalized spacial score (nSPS) is 11.0. The van der Waals surface area contributed by atoms with Gasteiger partial charge in [0, 0.05) is 5.69 Å². The molecular formula is C19H22N2O7S. The van der Waals surface area contributed by atoms with Crippen molar-refractivity contribution in [3.8, 4) is 0 Å². The number of H-pyrrole nitrogens is 1. The van der Waals surface area contributed by atoms with Crippen LogP contribution < -0.4 is 4.72 Å². The molecule has 0 aliphatic rings. The van der Waals surface area contributed by atoms with E-state index in [0.29, 0.717) is 11.3 Å². The number of hydrogen-bond donors (Lipinski definition) is 2. The average Bonchev–Trinajstić information content (AvgIpc) is 2.93. The maximum atomic E-state index is 12.5. The van der Waals surface area contributed by atoms with Crippen molar-refractivity contribution in [3.05, 3.63) is 52.3 Å². The molecule has 2 N–H and O–H groups in total. The van der Waals surface area contributed by atoms with Gasteiger partial charge < -0.3 is 14.5 Å². The number of benzene rings is 1. The molecule has 156 valence electrons. The monoisotopic (exact) mass is 422 g/mol. The van der Waals surface area contributed by atoms with Crippen LogP contribution in [0.15, 0.2) is 24.3 Å². The van der Waals surface area contributed by atoms with Gasteiger partial charge >= 0.3 is 11.9 Å². The molecule has 0 aliphatic carbocycles. The number of sulfonamides is 1. The molecule has 10 heteroatoms. The number of para-hydroxylation sites is 1. The van der Waals surface area contributed by atoms with E-state index < -0.39 is 34.4 Å². The van der Waals surface area contributed by atoms with Gasteiger partial charge in [-0.2, -0.15) is 0 Å². The fraction of sp³-hybridized carbons (Fsp3) is 0.316. The second-order valence-electron chi connectivity index (χ2n) is 6.26. The minimum atomic E-state index is -3.60. The number of ether oxygens (including phenoxy) is 2. The number of hydrogen-bond acceptors (Lipinski definition) is 7. The molecule has 1 aromatic carbocycles. The van der Waals surface area contributed by atoms with Crippen molar-refractivity contribution in [1.82, 2.24) is 4.98 Å². The highest BCUT2D eigenvalue weighted by atomic mass is 32.2. The molecule has 0 saturated heterocycles. The predicted octanol–water partition coefficient (Wildman–Crippen LogP) is 2.22. The van der Waals surface area contributed by atoms with E-state index >= 15 is 0 Å². The fourth-order valence-corrected chi connectivity index (χ4v) is 3.35. The summed E-state index contributed by atoms with van der Waals surface area (Å²) in [6.07, 6.45) is 0.954. The Morgan fingerprint density at radius 3 is 2.34 bits per heavy atom. The third-order valence-corrected chi connectivity index (χ3v) is 4.56. The number of carbonyl (C=O) groups is 3. The number of carbonyl (C=O) groups excluding carboxylic acids is 3. The molecule has 0 bridgehead atoms. The number of esters is 2. The van der Waals surface area contributed by atoms with E-state index in [-0.39, 0.29) is 29.1 Å². The smallest absolute Gasteiger partial charge is 0.340 e. The molecule has 0 spiro atoms. The van der Waals surface area contributed by atoms with Crippen LogP contribution in [-0.2, 0) is 19.5 Å². The molecule has 0 fully saturated rings. The molecule has 0 radical (unpaired) electrons. The topological polar surface area (TPSA) is 132 Å². The van der Waals surface area contributed by atoms with Crippen molar-refractivity contribution in [1.29, 1.82) is 0 Å². The Kier molecular flexibility index (Phi) is 6.80. The maximum absolute atomic E-state index is 12.5. The zero-order valence-corrected chi connectivity index (χ0v) is 17.3. The van der Waals surface area contributed by atoms with Crippen LogP contribution in [0.5, 0.6) is 0 Å². The number of anilines is 1. The quantitative estimate of drug-likeness (QED) is 0.492. The second kappa shape index (κ2) is 8.91. The van der Waals surface area contributed by atoms with Crippen molar-refractivity contribution >= 4 is 33.4 Å². The summed E-state index contributed by atoms with van der Waals surface area (Å²) in [4.78, 5) is 39.7. The van der Waals surface area contributed by atoms with Crippen LogP contribution in [0.1, 0.15) is 49.4 Å². The highest BCUT2D eigenvalue weighted by Crippen LogP contribution is 2.21. The van der Waals surface area contributed by atoms with Crippen molar-refractivity contribution in [2.24, 2.45) is 0 Å². The molecule has 0 atom stereocenters. The van der Waals surface area contributed by atoms with Gasteiger partial charge in [-0.25, -0.2) is 18.0 Å². The predicted molar refractivity (Wildman–Crippen MR) is 106 cm³/mol. The minimum Gasteiger partial charge on any atom is -0.462 e. The molecule has 2 rings (SSSR count). The van der Waals surface area contributed by atoms with Gasteiger partial charge in [0.05, 0.1) is 35.4 Å². The summed E-state index contributed by atoms with van der Waals surface area (Å²) >= 11 is 0. The first-order valence-electron chi connectivity index (χ1n) is 8.68. The lowest BCUT2D eigenvalue weighted by Gasteiger charge is -2.10. The molecule has 0 unspecified atom stereocenters. The van der Waals surface area contributed by atoms with Gasteiger partial charge in [0.25, 0.3) is 0 Å². The number of Topliss-reactive ketones (excluding diaryl/α,β-unsaturated/α-hetero) is 1. The summed E-state index contributed by atoms with van der Waals surface area (Å²) in [6, 6.07) is 5.88. The van der Waals surface area contributed by atoms with Gasteiger partial charge in [0.2, 0.25) is 15.8 Å². The van der Waals surface area contributed by atoms with Crippen LogP contribution in [0.4, 0.5) is 5.69 Å². The summed E-state index contributed by atoms with van der Waals surface area (Å²) < 4.78 is 35.1. The molecule has 0 saturated carbocycles. The van der Waals surface area contributed by atoms with Gasteiger partial charge in [0.1, 0.15) is 0 Å². The molecule has 0 amide bonds. The Bertz CT molecular complexity index is 1050. The van der Waals surface area contributed by atoms with Crippen LogP contribution in [0.25, 0.3) is 0 Å². The summed E-state index contributed by atoms with van der Waals surface area (Å²) in [5.41, 5.74) is 1.30. The molecule has 0 aliphatic heterocycles. The van der Waals surface area contributed by atoms with Crippen LogP contribution in [0, 0.1) is 13.8 Å². The molecular weight excluding hydrogens is 400 g/mol. The highest BCUT2D eigenvalue weighted by molar-refractivity contribution is 7.92. The van der Waals surface area contributed by atoms with E-state index in [4.69, 9.17) is 9.47 Å². The third kappa shape index (κ3) is 5.44. The summed E-state index contributed by atoms with van der Waals surface area (Å²) in [5, 5.41) is 0. The van der Waals surface area contributed by atoms with E-state index in [9.17, 15) is 22.8 Å². The molecule has 29 heavy (non-hydrogen) atoms. The van der Waals surface area contributed by atoms with Gasteiger partial charge in [-0.3, -0.25) is 9.52 Å². The first-order chi connectivity index (χ1) is 13.5. The lowest BCUT2D eigenvalue weighted by atomic mass is 10.1. The van der Waals surface area contributed by atoms with Crippen LogP contribution in [0.3, 0.4) is 0 Å². The lowest BCUT2D eigenvalue weighted by molar-refractivity contribution is 0.0473. The van der Waals surface area contributed by atoms with E-state index in [2.05, 4.69) is 9.71 Å². The Hall–Kier alpha value is -3.14. The van der Waals surface area contributed by atoms with Crippen molar-refractivity contribution < 1.29 is 32.3 Å². The fourth-order valence-electron chi connectivity index (χ4n) is 2.77. The molecule has 9 nitrogen and oxygen atoms in total. The Labute approximate surface area is 168 Å². The van der Waals surface area contributed by atoms with E-state index in [1.165, 1.54) is 18.2 Å². The number of aromatic amines is 1. The van der Waals surface area contributed by atoms with Gasteiger partial charge in [-0.05, 0) is 38.5 Å². The first kappa shape index (κ1) is 22.2. The zero-order chi connectivity index (χ0) is 21.8. The molecule has 2 aromatic rings. The standard InChI is InChI=1S/C19H22N2O7S/c1-5-27-19(24)16-11(2)17(20-12(16)3)15(22)10-28-18(23)13-8-6-7-9-14(13)21-29(4,25)26/h6-9,20-21H,5,10H2,1-4H3. The number of rotatable bonds is 8. The first-order valence-corrected chi connectivity index (χ1v) is 10.6. The Morgan fingerprint density at radius 1 is 1.07 bits per heavy atom. The Balaban J connectivity index is 2.16. The summed E-state index contributed by atoms with van der Waals surface area (Å²) in [5.74, 6) is -1.95. The summed E-state index contributed by atoms with van der Waals surface area (Å²) in [6.45, 7) is 4.52. The third-order valence-electron chi connectivity index (χ3n) is 3.97. The molecule has 1 heterocycles. The Morgan fingerprint density at radius 2 is 1.72 bits per heavy atom. The van der Waals surface area contributed by atoms with Crippen molar-refractivity contribution in [3.63, 3.8) is 0 Å². The number of ketones is 1. The van der Waals surface area contributed by atoms with Crippen LogP contribution >= 0.6 is 0 Å². The second-order valence-corrected chi connectivity index (χ2v) is 8.01. The SMILES string of the molecule is CCOC(=O)c1c(C)[nH]c(C(=O)COC(=O)c2ccccc2NS(C)(=O)=O)c1C.